The maximum Gasteiger partial charge on any atom is 0.243 e. The molecule has 0 aromatic heterocycles. The second-order valence-corrected chi connectivity index (χ2v) is 7.24. The van der Waals surface area contributed by atoms with Crippen molar-refractivity contribution in [2.45, 2.75) is 17.4 Å². The van der Waals surface area contributed by atoms with E-state index in [1.54, 1.807) is 24.3 Å². The maximum absolute atomic E-state index is 12.5. The number of para-hydroxylation sites is 1. The first-order valence-corrected chi connectivity index (χ1v) is 8.58. The molecule has 1 aliphatic rings. The fourth-order valence-electron chi connectivity index (χ4n) is 2.43. The largest absolute Gasteiger partial charge is 0.457 e. The molecule has 0 saturated carbocycles. The zero-order valence-corrected chi connectivity index (χ0v) is 12.9. The number of ether oxygens (including phenoxy) is 1. The lowest BCUT2D eigenvalue weighted by atomic mass is 10.3. The minimum atomic E-state index is -3.46. The topological polar surface area (TPSA) is 72.6 Å². The van der Waals surface area contributed by atoms with Crippen LogP contribution in [-0.4, -0.2) is 31.9 Å². The first-order chi connectivity index (χ1) is 10.6. The van der Waals surface area contributed by atoms with Crippen molar-refractivity contribution in [1.29, 1.82) is 0 Å². The van der Waals surface area contributed by atoms with Crippen LogP contribution in [0.5, 0.6) is 11.5 Å². The Morgan fingerprint density at radius 1 is 1.00 bits per heavy atom. The van der Waals surface area contributed by atoms with Crippen LogP contribution in [0.15, 0.2) is 59.5 Å². The Morgan fingerprint density at radius 3 is 2.23 bits per heavy atom. The molecule has 1 heterocycles. The molecular weight excluding hydrogens is 300 g/mol. The molecule has 0 spiro atoms. The summed E-state index contributed by atoms with van der Waals surface area (Å²) in [5, 5.41) is 0. The van der Waals surface area contributed by atoms with Crippen molar-refractivity contribution in [1.82, 2.24) is 4.31 Å². The van der Waals surface area contributed by atoms with Gasteiger partial charge in [-0.1, -0.05) is 18.2 Å². The van der Waals surface area contributed by atoms with E-state index in [9.17, 15) is 8.42 Å². The molecule has 3 rings (SSSR count). The highest BCUT2D eigenvalue weighted by Crippen LogP contribution is 2.25. The average molecular weight is 318 g/mol. The van der Waals surface area contributed by atoms with Gasteiger partial charge < -0.3 is 10.5 Å². The summed E-state index contributed by atoms with van der Waals surface area (Å²) >= 11 is 0. The van der Waals surface area contributed by atoms with Crippen molar-refractivity contribution < 1.29 is 13.2 Å². The fourth-order valence-corrected chi connectivity index (χ4v) is 3.94. The summed E-state index contributed by atoms with van der Waals surface area (Å²) in [7, 11) is -3.46. The lowest BCUT2D eigenvalue weighted by Crippen LogP contribution is -2.31. The number of rotatable bonds is 4. The first-order valence-electron chi connectivity index (χ1n) is 7.14. The molecule has 0 bridgehead atoms. The molecule has 0 radical (unpaired) electrons. The zero-order chi connectivity index (χ0) is 15.6. The Hall–Kier alpha value is -1.89. The summed E-state index contributed by atoms with van der Waals surface area (Å²) < 4.78 is 32.1. The summed E-state index contributed by atoms with van der Waals surface area (Å²) in [5.74, 6) is 1.31. The summed E-state index contributed by atoms with van der Waals surface area (Å²) in [6, 6.07) is 15.7. The van der Waals surface area contributed by atoms with Gasteiger partial charge in [-0.3, -0.25) is 0 Å². The number of hydrogen-bond acceptors (Lipinski definition) is 4. The van der Waals surface area contributed by atoms with E-state index < -0.39 is 10.0 Å². The van der Waals surface area contributed by atoms with Crippen LogP contribution in [0.25, 0.3) is 0 Å². The molecule has 22 heavy (non-hydrogen) atoms. The number of nitrogens with two attached hydrogens (primary N) is 1. The molecular formula is C16H18N2O3S. The Balaban J connectivity index is 1.76. The summed E-state index contributed by atoms with van der Waals surface area (Å²) in [4.78, 5) is 0.266. The van der Waals surface area contributed by atoms with E-state index in [0.29, 0.717) is 31.0 Å². The maximum atomic E-state index is 12.5. The van der Waals surface area contributed by atoms with Crippen molar-refractivity contribution in [3.8, 4) is 11.5 Å². The van der Waals surface area contributed by atoms with Gasteiger partial charge in [-0.25, -0.2) is 8.42 Å². The van der Waals surface area contributed by atoms with Gasteiger partial charge in [-0.2, -0.15) is 4.31 Å². The fraction of sp³-hybridized carbons (Fsp3) is 0.250. The molecule has 1 aliphatic heterocycles. The molecule has 2 N–H and O–H groups in total. The second-order valence-electron chi connectivity index (χ2n) is 5.30. The summed E-state index contributed by atoms with van der Waals surface area (Å²) in [6.07, 6.45) is 0.703. The predicted octanol–water partition coefficient (Wildman–Crippen LogP) is 2.20. The van der Waals surface area contributed by atoms with Crippen LogP contribution in [0.1, 0.15) is 6.42 Å². The van der Waals surface area contributed by atoms with E-state index in [1.165, 1.54) is 4.31 Å². The van der Waals surface area contributed by atoms with Gasteiger partial charge in [0.2, 0.25) is 10.0 Å². The van der Waals surface area contributed by atoms with Crippen LogP contribution in [0.4, 0.5) is 0 Å². The smallest absolute Gasteiger partial charge is 0.243 e. The van der Waals surface area contributed by atoms with Gasteiger partial charge in [0.15, 0.2) is 0 Å². The lowest BCUT2D eigenvalue weighted by molar-refractivity contribution is 0.471. The van der Waals surface area contributed by atoms with Gasteiger partial charge in [0.05, 0.1) is 4.90 Å². The first kappa shape index (κ1) is 15.0. The van der Waals surface area contributed by atoms with E-state index >= 15 is 0 Å². The van der Waals surface area contributed by atoms with Crippen LogP contribution in [0.2, 0.25) is 0 Å². The molecule has 2 aromatic rings. The third-order valence-electron chi connectivity index (χ3n) is 3.63. The summed E-state index contributed by atoms with van der Waals surface area (Å²) in [6.45, 7) is 0.858. The molecule has 1 saturated heterocycles. The van der Waals surface area contributed by atoms with Crippen LogP contribution in [-0.2, 0) is 10.0 Å². The van der Waals surface area contributed by atoms with E-state index in [2.05, 4.69) is 0 Å². The van der Waals surface area contributed by atoms with Gasteiger partial charge in [-0.05, 0) is 42.8 Å². The van der Waals surface area contributed by atoms with Crippen molar-refractivity contribution in [3.05, 3.63) is 54.6 Å². The summed E-state index contributed by atoms with van der Waals surface area (Å²) in [5.41, 5.74) is 5.78. The lowest BCUT2D eigenvalue weighted by Gasteiger charge is -2.16. The Labute approximate surface area is 130 Å². The van der Waals surface area contributed by atoms with E-state index in [1.807, 2.05) is 30.3 Å². The third kappa shape index (κ3) is 3.14. The quantitative estimate of drug-likeness (QED) is 0.938. The highest BCUT2D eigenvalue weighted by atomic mass is 32.2. The van der Waals surface area contributed by atoms with E-state index in [0.717, 1.165) is 0 Å². The van der Waals surface area contributed by atoms with Crippen molar-refractivity contribution in [3.63, 3.8) is 0 Å². The van der Waals surface area contributed by atoms with Gasteiger partial charge in [0.25, 0.3) is 0 Å². The van der Waals surface area contributed by atoms with Crippen LogP contribution < -0.4 is 10.5 Å². The minimum absolute atomic E-state index is 0.0736. The van der Waals surface area contributed by atoms with E-state index in [-0.39, 0.29) is 10.9 Å². The van der Waals surface area contributed by atoms with Crippen molar-refractivity contribution in [2.24, 2.45) is 5.73 Å². The molecule has 0 amide bonds. The van der Waals surface area contributed by atoms with Crippen molar-refractivity contribution >= 4 is 10.0 Å². The molecule has 2 aromatic carbocycles. The average Bonchev–Trinajstić information content (AvgIpc) is 2.96. The van der Waals surface area contributed by atoms with Crippen molar-refractivity contribution in [2.75, 3.05) is 13.1 Å². The SMILES string of the molecule is N[C@H]1CCN(S(=O)(=O)c2ccc(Oc3ccccc3)cc2)C1. The zero-order valence-electron chi connectivity index (χ0n) is 12.1. The molecule has 1 atom stereocenters. The van der Waals surface area contributed by atoms with Gasteiger partial charge in [-0.15, -0.1) is 0 Å². The minimum Gasteiger partial charge on any atom is -0.457 e. The molecule has 6 heteroatoms. The standard InChI is InChI=1S/C16H18N2O3S/c17-13-10-11-18(12-13)22(19,20)16-8-6-15(7-9-16)21-14-4-2-1-3-5-14/h1-9,13H,10-12,17H2/t13-/m0/s1. The molecule has 5 nitrogen and oxygen atoms in total. The normalized spacial score (nSPS) is 19.2. The molecule has 0 aliphatic carbocycles. The second kappa shape index (κ2) is 6.08. The van der Waals surface area contributed by atoms with E-state index in [4.69, 9.17) is 10.5 Å². The highest BCUT2D eigenvalue weighted by molar-refractivity contribution is 7.89. The van der Waals surface area contributed by atoms with Crippen LogP contribution in [0.3, 0.4) is 0 Å². The number of hydrogen-bond donors (Lipinski definition) is 1. The highest BCUT2D eigenvalue weighted by Gasteiger charge is 2.30. The number of sulfonamides is 1. The molecule has 1 fully saturated rings. The Morgan fingerprint density at radius 2 is 1.64 bits per heavy atom. The van der Waals surface area contributed by atoms with Crippen LogP contribution in [0, 0.1) is 0 Å². The van der Waals surface area contributed by atoms with Crippen LogP contribution >= 0.6 is 0 Å². The number of nitrogens with zero attached hydrogens (tertiary/aromatic N) is 1. The van der Waals surface area contributed by atoms with Gasteiger partial charge in [0.1, 0.15) is 11.5 Å². The number of benzene rings is 2. The molecule has 0 unspecified atom stereocenters. The monoisotopic (exact) mass is 318 g/mol. The third-order valence-corrected chi connectivity index (χ3v) is 5.51. The molecule has 116 valence electrons. The predicted molar refractivity (Wildman–Crippen MR) is 84.3 cm³/mol. The Bertz CT molecular complexity index is 730. The van der Waals surface area contributed by atoms with Gasteiger partial charge >= 0.3 is 0 Å². The Kier molecular flexibility index (Phi) is 4.15. The van der Waals surface area contributed by atoms with Gasteiger partial charge in [0, 0.05) is 19.1 Å².